The third kappa shape index (κ3) is 4.11. The van der Waals surface area contributed by atoms with Crippen molar-refractivity contribution in [2.75, 3.05) is 6.61 Å². The van der Waals surface area contributed by atoms with Gasteiger partial charge in [0, 0.05) is 18.9 Å². The summed E-state index contributed by atoms with van der Waals surface area (Å²) in [5.74, 6) is -4.08. The minimum atomic E-state index is -1.64. The molecule has 3 aliphatic rings. The van der Waals surface area contributed by atoms with Crippen LogP contribution in [0.4, 0.5) is 0 Å². The van der Waals surface area contributed by atoms with Crippen molar-refractivity contribution in [1.82, 2.24) is 0 Å². The number of carbonyl (C=O) groups excluding carboxylic acids is 3. The largest absolute Gasteiger partial charge is 0.461 e. The number of esters is 3. The Labute approximate surface area is 174 Å². The van der Waals surface area contributed by atoms with E-state index in [1.54, 1.807) is 32.9 Å². The number of rotatable bonds is 4. The molecule has 0 spiro atoms. The van der Waals surface area contributed by atoms with Crippen molar-refractivity contribution in [3.8, 4) is 0 Å². The lowest BCUT2D eigenvalue weighted by atomic mass is 9.83. The molecule has 0 amide bonds. The molecule has 0 aromatic rings. The fraction of sp³-hybridized carbons (Fsp3) is 0.500. The normalized spacial score (nSPS) is 37.3. The number of fused-ring (bicyclic) bond motifs is 3. The van der Waals surface area contributed by atoms with Crippen molar-refractivity contribution in [3.63, 3.8) is 0 Å². The molecule has 2 bridgehead atoms. The van der Waals surface area contributed by atoms with Crippen LogP contribution in [-0.4, -0.2) is 53.2 Å². The van der Waals surface area contributed by atoms with Crippen molar-refractivity contribution < 1.29 is 38.4 Å². The molecule has 3 aliphatic heterocycles. The van der Waals surface area contributed by atoms with E-state index in [4.69, 9.17) is 18.9 Å². The Morgan fingerprint density at radius 1 is 1.40 bits per heavy atom. The topological polar surface area (TPSA) is 108 Å². The standard InChI is InChI=1S/C22H26O8/c1-6-15(11-27-14(4)23)20(25)29-17-10-21(5)7-8-22(26,30-21)12(2)9-16-18(17)13(3)19(24)28-16/h6-9,16-18,26H,3,10-11H2,1-2,4-5H3/b12-9-,15-6-/t16-,17+,18-,21-,22+/m0/s1. The second kappa shape index (κ2) is 7.85. The molecule has 3 rings (SSSR count). The third-order valence-corrected chi connectivity index (χ3v) is 5.60. The van der Waals surface area contributed by atoms with Crippen LogP contribution in [0.25, 0.3) is 0 Å². The van der Waals surface area contributed by atoms with Gasteiger partial charge in [0.15, 0.2) is 0 Å². The molecule has 1 fully saturated rings. The Balaban J connectivity index is 1.94. The molecule has 5 atom stereocenters. The van der Waals surface area contributed by atoms with Crippen LogP contribution in [0.1, 0.15) is 34.1 Å². The van der Waals surface area contributed by atoms with Crippen LogP contribution in [0.5, 0.6) is 0 Å². The van der Waals surface area contributed by atoms with Gasteiger partial charge in [0.1, 0.15) is 18.8 Å². The predicted molar refractivity (Wildman–Crippen MR) is 105 cm³/mol. The smallest absolute Gasteiger partial charge is 0.337 e. The molecule has 0 unspecified atom stereocenters. The molecule has 0 saturated carbocycles. The van der Waals surface area contributed by atoms with Crippen molar-refractivity contribution in [2.24, 2.45) is 5.92 Å². The Hall–Kier alpha value is -2.71. The van der Waals surface area contributed by atoms with E-state index in [2.05, 4.69) is 6.58 Å². The summed E-state index contributed by atoms with van der Waals surface area (Å²) < 4.78 is 22.0. The number of ether oxygens (including phenoxy) is 4. The molecule has 0 aliphatic carbocycles. The predicted octanol–water partition coefficient (Wildman–Crippen LogP) is 1.89. The first-order valence-electron chi connectivity index (χ1n) is 9.69. The van der Waals surface area contributed by atoms with E-state index in [0.717, 1.165) is 0 Å². The van der Waals surface area contributed by atoms with Crippen LogP contribution in [0.3, 0.4) is 0 Å². The molecule has 0 radical (unpaired) electrons. The highest BCUT2D eigenvalue weighted by Crippen LogP contribution is 2.44. The van der Waals surface area contributed by atoms with Crippen LogP contribution in [0.15, 0.2) is 47.6 Å². The Bertz CT molecular complexity index is 882. The van der Waals surface area contributed by atoms with Gasteiger partial charge in [-0.15, -0.1) is 0 Å². The van der Waals surface area contributed by atoms with Crippen LogP contribution < -0.4 is 0 Å². The van der Waals surface area contributed by atoms with E-state index < -0.39 is 47.4 Å². The first-order chi connectivity index (χ1) is 14.0. The number of carbonyl (C=O) groups is 3. The zero-order chi connectivity index (χ0) is 22.3. The van der Waals surface area contributed by atoms with Gasteiger partial charge in [0.2, 0.25) is 5.79 Å². The number of hydrogen-bond donors (Lipinski definition) is 1. The van der Waals surface area contributed by atoms with Crippen molar-refractivity contribution in [2.45, 2.75) is 57.7 Å². The molecule has 162 valence electrons. The van der Waals surface area contributed by atoms with Crippen LogP contribution in [0.2, 0.25) is 0 Å². The van der Waals surface area contributed by atoms with Crippen molar-refractivity contribution in [1.29, 1.82) is 0 Å². The maximum absolute atomic E-state index is 12.8. The minimum absolute atomic E-state index is 0.153. The SMILES string of the molecule is C=C1C(=O)O[C@H]2/C=C(/C)[C@@]3(O)C=C[C@@](C)(C[C@@H](OC(=O)/C(=C\C)COC(C)=O)[C@@H]12)O3. The summed E-state index contributed by atoms with van der Waals surface area (Å²) in [5.41, 5.74) is -0.160. The van der Waals surface area contributed by atoms with E-state index >= 15 is 0 Å². The fourth-order valence-electron chi connectivity index (χ4n) is 3.87. The zero-order valence-electron chi connectivity index (χ0n) is 17.5. The van der Waals surface area contributed by atoms with E-state index in [1.807, 2.05) is 0 Å². The summed E-state index contributed by atoms with van der Waals surface area (Å²) in [7, 11) is 0. The maximum atomic E-state index is 12.8. The van der Waals surface area contributed by atoms with Gasteiger partial charge in [0.05, 0.1) is 17.1 Å². The van der Waals surface area contributed by atoms with Gasteiger partial charge in [-0.1, -0.05) is 18.7 Å². The molecule has 1 N–H and O–H groups in total. The summed E-state index contributed by atoms with van der Waals surface area (Å²) in [4.78, 5) is 36.1. The second-order valence-electron chi connectivity index (χ2n) is 7.96. The Morgan fingerprint density at radius 2 is 2.10 bits per heavy atom. The van der Waals surface area contributed by atoms with Crippen molar-refractivity contribution >= 4 is 17.9 Å². The molecular weight excluding hydrogens is 392 g/mol. The lowest BCUT2D eigenvalue weighted by Crippen LogP contribution is -2.41. The zero-order valence-corrected chi connectivity index (χ0v) is 17.5. The highest BCUT2D eigenvalue weighted by Gasteiger charge is 2.52. The van der Waals surface area contributed by atoms with E-state index in [-0.39, 0.29) is 24.2 Å². The van der Waals surface area contributed by atoms with Gasteiger partial charge >= 0.3 is 17.9 Å². The summed E-state index contributed by atoms with van der Waals surface area (Å²) in [6, 6.07) is 0. The Morgan fingerprint density at radius 3 is 2.73 bits per heavy atom. The molecular formula is C22H26O8. The molecule has 0 aromatic heterocycles. The number of hydrogen-bond acceptors (Lipinski definition) is 8. The van der Waals surface area contributed by atoms with Gasteiger partial charge in [0.25, 0.3) is 0 Å². The minimum Gasteiger partial charge on any atom is -0.461 e. The summed E-state index contributed by atoms with van der Waals surface area (Å²) in [6.07, 6.45) is 4.88. The summed E-state index contributed by atoms with van der Waals surface area (Å²) in [5, 5.41) is 10.8. The van der Waals surface area contributed by atoms with Gasteiger partial charge in [-0.05, 0) is 38.5 Å². The quantitative estimate of drug-likeness (QED) is 0.319. The second-order valence-corrected chi connectivity index (χ2v) is 7.96. The average Bonchev–Trinajstić information content (AvgIpc) is 3.11. The Kier molecular flexibility index (Phi) is 5.75. The maximum Gasteiger partial charge on any atom is 0.337 e. The van der Waals surface area contributed by atoms with E-state index in [1.165, 1.54) is 19.1 Å². The van der Waals surface area contributed by atoms with Crippen LogP contribution in [0, 0.1) is 5.92 Å². The van der Waals surface area contributed by atoms with Gasteiger partial charge in [-0.25, -0.2) is 9.59 Å². The lowest BCUT2D eigenvalue weighted by Gasteiger charge is -2.33. The van der Waals surface area contributed by atoms with Gasteiger partial charge < -0.3 is 24.1 Å². The molecule has 3 heterocycles. The summed E-state index contributed by atoms with van der Waals surface area (Å²) in [6.45, 7) is 9.90. The molecule has 8 nitrogen and oxygen atoms in total. The van der Waals surface area contributed by atoms with E-state index in [0.29, 0.717) is 5.57 Å². The van der Waals surface area contributed by atoms with E-state index in [9.17, 15) is 19.5 Å². The first-order valence-corrected chi connectivity index (χ1v) is 9.69. The highest BCUT2D eigenvalue weighted by atomic mass is 16.6. The fourth-order valence-corrected chi connectivity index (χ4v) is 3.87. The molecule has 30 heavy (non-hydrogen) atoms. The monoisotopic (exact) mass is 418 g/mol. The molecule has 1 saturated heterocycles. The van der Waals surface area contributed by atoms with Crippen molar-refractivity contribution in [3.05, 3.63) is 47.6 Å². The average molecular weight is 418 g/mol. The summed E-state index contributed by atoms with van der Waals surface area (Å²) >= 11 is 0. The van der Waals surface area contributed by atoms with Crippen LogP contribution >= 0.6 is 0 Å². The first kappa shape index (κ1) is 22.0. The highest BCUT2D eigenvalue weighted by molar-refractivity contribution is 5.92. The molecule has 0 aromatic carbocycles. The van der Waals surface area contributed by atoms with Crippen LogP contribution in [-0.2, 0) is 33.3 Å². The number of allylic oxidation sites excluding steroid dienone is 1. The van der Waals surface area contributed by atoms with Gasteiger partial charge in [-0.2, -0.15) is 0 Å². The lowest BCUT2D eigenvalue weighted by molar-refractivity contribution is -0.188. The number of aliphatic hydroxyl groups is 1. The third-order valence-electron chi connectivity index (χ3n) is 5.60. The molecule has 8 heteroatoms. The van der Waals surface area contributed by atoms with Gasteiger partial charge in [-0.3, -0.25) is 4.79 Å².